The molecule has 2 unspecified atom stereocenters. The Morgan fingerprint density at radius 2 is 1.87 bits per heavy atom. The molecule has 0 aliphatic carbocycles. The Bertz CT molecular complexity index is 1070. The van der Waals surface area contributed by atoms with E-state index < -0.39 is 39.6 Å². The Balaban J connectivity index is 1.93. The Kier molecular flexibility index (Phi) is 6.68. The summed E-state index contributed by atoms with van der Waals surface area (Å²) in [4.78, 5) is 26.0. The van der Waals surface area contributed by atoms with Crippen LogP contribution in [0.15, 0.2) is 47.4 Å². The van der Waals surface area contributed by atoms with Gasteiger partial charge >= 0.3 is 5.97 Å². The fourth-order valence-corrected chi connectivity index (χ4v) is 5.06. The zero-order valence-electron chi connectivity index (χ0n) is 17.9. The van der Waals surface area contributed by atoms with Crippen molar-refractivity contribution in [1.82, 2.24) is 9.62 Å². The van der Waals surface area contributed by atoms with Crippen molar-refractivity contribution in [1.29, 1.82) is 0 Å². The van der Waals surface area contributed by atoms with Gasteiger partial charge in [0.15, 0.2) is 0 Å². The number of hydrogen-bond donors (Lipinski definition) is 2. The Labute approximate surface area is 182 Å². The van der Waals surface area contributed by atoms with Gasteiger partial charge in [-0.2, -0.15) is 4.72 Å². The number of carboxylic acids is 1. The first-order valence-electron chi connectivity index (χ1n) is 10.2. The molecule has 1 aliphatic rings. The second-order valence-electron chi connectivity index (χ2n) is 8.60. The highest BCUT2D eigenvalue weighted by Gasteiger charge is 2.39. The molecule has 1 amide bonds. The molecule has 1 saturated heterocycles. The molecule has 0 aromatic heterocycles. The molecule has 2 atom stereocenters. The predicted molar refractivity (Wildman–Crippen MR) is 116 cm³/mol. The van der Waals surface area contributed by atoms with E-state index in [9.17, 15) is 23.1 Å². The molecule has 1 heterocycles. The van der Waals surface area contributed by atoms with Gasteiger partial charge in [0.05, 0.1) is 17.1 Å². The summed E-state index contributed by atoms with van der Waals surface area (Å²) in [6, 6.07) is 9.78. The van der Waals surface area contributed by atoms with E-state index in [4.69, 9.17) is 4.74 Å². The molecule has 2 aromatic rings. The van der Waals surface area contributed by atoms with Crippen molar-refractivity contribution in [2.75, 3.05) is 13.2 Å². The minimum atomic E-state index is -4.09. The van der Waals surface area contributed by atoms with Crippen LogP contribution in [0.1, 0.15) is 33.6 Å². The molecule has 2 aromatic carbocycles. The molecule has 3 rings (SSSR count). The summed E-state index contributed by atoms with van der Waals surface area (Å²) in [6.07, 6.45) is 0.885. The maximum atomic E-state index is 13.3. The third-order valence-corrected chi connectivity index (χ3v) is 6.67. The van der Waals surface area contributed by atoms with Crippen LogP contribution in [0.2, 0.25) is 0 Å². The molecule has 8 nitrogen and oxygen atoms in total. The molecular weight excluding hydrogens is 420 g/mol. The van der Waals surface area contributed by atoms with Gasteiger partial charge in [0.2, 0.25) is 15.9 Å². The normalized spacial score (nSPS) is 18.3. The van der Waals surface area contributed by atoms with Crippen LogP contribution in [0.3, 0.4) is 0 Å². The number of nitrogens with zero attached hydrogens (tertiary/aromatic N) is 1. The largest absolute Gasteiger partial charge is 0.480 e. The Morgan fingerprint density at radius 3 is 2.55 bits per heavy atom. The van der Waals surface area contributed by atoms with Crippen LogP contribution in [-0.4, -0.2) is 61.1 Å². The van der Waals surface area contributed by atoms with Gasteiger partial charge in [-0.3, -0.25) is 4.79 Å². The molecule has 0 spiro atoms. The van der Waals surface area contributed by atoms with Crippen molar-refractivity contribution in [3.63, 3.8) is 0 Å². The van der Waals surface area contributed by atoms with Gasteiger partial charge < -0.3 is 14.7 Å². The van der Waals surface area contributed by atoms with Crippen molar-refractivity contribution in [2.24, 2.45) is 0 Å². The molecule has 0 bridgehead atoms. The predicted octanol–water partition coefficient (Wildman–Crippen LogP) is 2.38. The van der Waals surface area contributed by atoms with Gasteiger partial charge in [-0.05, 0) is 45.1 Å². The van der Waals surface area contributed by atoms with Crippen molar-refractivity contribution < 1.29 is 27.9 Å². The molecule has 2 N–H and O–H groups in total. The average Bonchev–Trinajstić information content (AvgIpc) is 3.19. The summed E-state index contributed by atoms with van der Waals surface area (Å²) in [7, 11) is -4.09. The number of aliphatic carboxylic acids is 1. The third-order valence-electron chi connectivity index (χ3n) is 5.14. The quantitative estimate of drug-likeness (QED) is 0.672. The van der Waals surface area contributed by atoms with Crippen molar-refractivity contribution >= 4 is 32.7 Å². The average molecular weight is 449 g/mol. The van der Waals surface area contributed by atoms with E-state index >= 15 is 0 Å². The summed E-state index contributed by atoms with van der Waals surface area (Å²) < 4.78 is 34.7. The fourth-order valence-electron chi connectivity index (χ4n) is 3.66. The van der Waals surface area contributed by atoms with Crippen molar-refractivity contribution in [3.05, 3.63) is 42.5 Å². The fraction of sp³-hybridized carbons (Fsp3) is 0.455. The van der Waals surface area contributed by atoms with Crippen molar-refractivity contribution in [2.45, 2.75) is 56.2 Å². The number of sulfonamides is 1. The zero-order valence-corrected chi connectivity index (χ0v) is 18.7. The molecule has 1 fully saturated rings. The summed E-state index contributed by atoms with van der Waals surface area (Å²) in [5.74, 6) is -1.70. The second-order valence-corrected chi connectivity index (χ2v) is 10.3. The smallest absolute Gasteiger partial charge is 0.326 e. The number of ether oxygens (including phenoxy) is 1. The van der Waals surface area contributed by atoms with E-state index in [0.717, 1.165) is 5.39 Å². The summed E-state index contributed by atoms with van der Waals surface area (Å²) in [6.45, 7) is 5.43. The SMILES string of the molecule is CC(C)(C)OCC(NS(=O)(=O)c1cccc2ccccc12)C(=O)N1CCCC1C(=O)O. The lowest BCUT2D eigenvalue weighted by Gasteiger charge is -2.29. The van der Waals surface area contributed by atoms with E-state index in [2.05, 4.69) is 4.72 Å². The third kappa shape index (κ3) is 5.41. The van der Waals surface area contributed by atoms with Crippen LogP contribution in [0.25, 0.3) is 10.8 Å². The number of rotatable bonds is 7. The topological polar surface area (TPSA) is 113 Å². The number of carbonyl (C=O) groups excluding carboxylic acids is 1. The standard InChI is InChI=1S/C22H28N2O6S/c1-22(2,3)30-14-17(20(25)24-13-7-11-18(24)21(26)27)23-31(28,29)19-12-6-9-15-8-4-5-10-16(15)19/h4-6,8-10,12,17-18,23H,7,11,13-14H2,1-3H3,(H,26,27). The van der Waals surface area contributed by atoms with E-state index in [1.165, 1.54) is 11.0 Å². The van der Waals surface area contributed by atoms with Gasteiger partial charge in [0.25, 0.3) is 0 Å². The molecule has 168 valence electrons. The van der Waals surface area contributed by atoms with Crippen LogP contribution in [-0.2, 0) is 24.3 Å². The lowest BCUT2D eigenvalue weighted by Crippen LogP contribution is -2.54. The van der Waals surface area contributed by atoms with Crippen LogP contribution < -0.4 is 4.72 Å². The summed E-state index contributed by atoms with van der Waals surface area (Å²) in [5.41, 5.74) is -0.610. The van der Waals surface area contributed by atoms with E-state index in [-0.39, 0.29) is 18.0 Å². The molecule has 0 saturated carbocycles. The van der Waals surface area contributed by atoms with Gasteiger partial charge in [-0.15, -0.1) is 0 Å². The number of carboxylic acid groups (broad SMARTS) is 1. The van der Waals surface area contributed by atoms with E-state index in [1.807, 2.05) is 6.07 Å². The maximum Gasteiger partial charge on any atom is 0.326 e. The van der Waals surface area contributed by atoms with Gasteiger partial charge in [0, 0.05) is 11.9 Å². The molecular formula is C22H28N2O6S. The molecule has 9 heteroatoms. The first kappa shape index (κ1) is 23.2. The minimum absolute atomic E-state index is 0.0513. The highest BCUT2D eigenvalue weighted by atomic mass is 32.2. The summed E-state index contributed by atoms with van der Waals surface area (Å²) in [5, 5.41) is 10.7. The number of likely N-dealkylation sites (tertiary alicyclic amines) is 1. The number of hydrogen-bond acceptors (Lipinski definition) is 5. The molecule has 0 radical (unpaired) electrons. The maximum absolute atomic E-state index is 13.3. The lowest BCUT2D eigenvalue weighted by atomic mass is 10.1. The Hall–Kier alpha value is -2.49. The Morgan fingerprint density at radius 1 is 1.19 bits per heavy atom. The van der Waals surface area contributed by atoms with Crippen LogP contribution in [0.4, 0.5) is 0 Å². The van der Waals surface area contributed by atoms with Gasteiger partial charge in [-0.1, -0.05) is 36.4 Å². The second kappa shape index (κ2) is 8.94. The number of nitrogens with one attached hydrogen (secondary N) is 1. The van der Waals surface area contributed by atoms with Gasteiger partial charge in [-0.25, -0.2) is 13.2 Å². The number of amides is 1. The zero-order chi connectivity index (χ0) is 22.8. The number of carbonyl (C=O) groups is 2. The minimum Gasteiger partial charge on any atom is -0.480 e. The van der Waals surface area contributed by atoms with Crippen LogP contribution in [0.5, 0.6) is 0 Å². The first-order valence-corrected chi connectivity index (χ1v) is 11.7. The number of fused-ring (bicyclic) bond motifs is 1. The van der Waals surface area contributed by atoms with Crippen LogP contribution >= 0.6 is 0 Å². The highest BCUT2D eigenvalue weighted by Crippen LogP contribution is 2.24. The summed E-state index contributed by atoms with van der Waals surface area (Å²) >= 11 is 0. The lowest BCUT2D eigenvalue weighted by molar-refractivity contribution is -0.150. The molecule has 31 heavy (non-hydrogen) atoms. The first-order chi connectivity index (χ1) is 14.5. The monoisotopic (exact) mass is 448 g/mol. The van der Waals surface area contributed by atoms with Gasteiger partial charge in [0.1, 0.15) is 12.1 Å². The highest BCUT2D eigenvalue weighted by molar-refractivity contribution is 7.89. The van der Waals surface area contributed by atoms with E-state index in [1.54, 1.807) is 51.1 Å². The van der Waals surface area contributed by atoms with Crippen LogP contribution in [0, 0.1) is 0 Å². The number of benzene rings is 2. The van der Waals surface area contributed by atoms with E-state index in [0.29, 0.717) is 18.2 Å². The van der Waals surface area contributed by atoms with Crippen molar-refractivity contribution in [3.8, 4) is 0 Å². The molecule has 1 aliphatic heterocycles.